The van der Waals surface area contributed by atoms with E-state index in [9.17, 15) is 34.8 Å². The van der Waals surface area contributed by atoms with Gasteiger partial charge in [-0.2, -0.15) is 0 Å². The van der Waals surface area contributed by atoms with Crippen LogP contribution >= 0.6 is 0 Å². The van der Waals surface area contributed by atoms with Crippen molar-refractivity contribution in [3.05, 3.63) is 39.4 Å². The average molecular weight is 571 g/mol. The van der Waals surface area contributed by atoms with Crippen molar-refractivity contribution in [2.45, 2.75) is 50.3 Å². The lowest BCUT2D eigenvalue weighted by Gasteiger charge is -2.50. The Kier molecular flexibility index (Phi) is 6.25. The van der Waals surface area contributed by atoms with E-state index < -0.39 is 63.9 Å². The maximum absolute atomic E-state index is 16.6. The number of likely N-dealkylation sites (N-methyl/N-ethyl adjacent to an activating group) is 1. The molecule has 41 heavy (non-hydrogen) atoms. The number of phenolic OH excluding ortho intramolecular Hbond substituents is 1. The van der Waals surface area contributed by atoms with Gasteiger partial charge in [0, 0.05) is 35.2 Å². The Hall–Kier alpha value is -3.48. The van der Waals surface area contributed by atoms with E-state index in [1.54, 1.807) is 0 Å². The van der Waals surface area contributed by atoms with Gasteiger partial charge in [0.2, 0.25) is 5.78 Å². The van der Waals surface area contributed by atoms with Crippen molar-refractivity contribution < 1.29 is 39.2 Å². The summed E-state index contributed by atoms with van der Waals surface area (Å²) < 4.78 is 16.6. The summed E-state index contributed by atoms with van der Waals surface area (Å²) in [6.45, 7) is 4.14. The molecule has 2 fully saturated rings. The van der Waals surface area contributed by atoms with Crippen LogP contribution in [0.4, 0.5) is 10.1 Å². The first kappa shape index (κ1) is 27.7. The minimum atomic E-state index is -2.73. The number of nitrogens with two attached hydrogens (primary N) is 1. The summed E-state index contributed by atoms with van der Waals surface area (Å²) in [6, 6.07) is -1.43. The number of amides is 1. The zero-order chi connectivity index (χ0) is 29.7. The van der Waals surface area contributed by atoms with Gasteiger partial charge in [-0.25, -0.2) is 4.39 Å². The number of hydrogen-bond donors (Lipinski definition) is 6. The van der Waals surface area contributed by atoms with Crippen molar-refractivity contribution in [1.29, 1.82) is 0 Å². The number of carbonyl (C=O) groups is 3. The molecule has 0 bridgehead atoms. The van der Waals surface area contributed by atoms with Crippen molar-refractivity contribution in [2.75, 3.05) is 39.0 Å². The number of halogens is 1. The lowest BCUT2D eigenvalue weighted by atomic mass is 9.57. The number of Topliss-reactive ketones (excluding diaryl/α,β-unsaturated/α-hetero) is 2. The lowest BCUT2D eigenvalue weighted by molar-refractivity contribution is -0.153. The number of ketones is 2. The Morgan fingerprint density at radius 1 is 1.24 bits per heavy atom. The van der Waals surface area contributed by atoms with Crippen LogP contribution in [-0.2, 0) is 20.8 Å². The van der Waals surface area contributed by atoms with Crippen LogP contribution in [-0.4, -0.2) is 93.1 Å². The number of aliphatic hydroxyl groups is 3. The average Bonchev–Trinajstić information content (AvgIpc) is 3.31. The Bertz CT molecular complexity index is 1470. The SMILES string of the molecule is CCCN1CCC2CNc3c(O)c4c(c(F)c3C21)C[C@H]1C[C@H]2[C@H](N(C)C)C(=O)C(C(N)=O)=C(O)[C@@]2(O)C(=O)C1=C4O. The first-order valence-corrected chi connectivity index (χ1v) is 14.1. The molecule has 1 saturated heterocycles. The minimum Gasteiger partial charge on any atom is -0.508 e. The third kappa shape index (κ3) is 3.50. The van der Waals surface area contributed by atoms with E-state index in [2.05, 4.69) is 17.1 Å². The molecule has 1 aromatic rings. The number of carbonyl (C=O) groups excluding carboxylic acids is 3. The van der Waals surface area contributed by atoms with Gasteiger partial charge in [-0.15, -0.1) is 0 Å². The molecule has 3 aliphatic carbocycles. The van der Waals surface area contributed by atoms with Crippen LogP contribution in [0.1, 0.15) is 48.9 Å². The molecular formula is C29H35FN4O7. The van der Waals surface area contributed by atoms with Gasteiger partial charge in [0.1, 0.15) is 28.7 Å². The largest absolute Gasteiger partial charge is 0.508 e. The molecule has 0 spiro atoms. The van der Waals surface area contributed by atoms with Gasteiger partial charge in [-0.3, -0.25) is 24.2 Å². The minimum absolute atomic E-state index is 0.0673. The number of benzene rings is 1. The Morgan fingerprint density at radius 2 is 1.95 bits per heavy atom. The summed E-state index contributed by atoms with van der Waals surface area (Å²) in [4.78, 5) is 43.0. The number of nitrogens with one attached hydrogen (secondary N) is 1. The number of likely N-dealkylation sites (tertiary alicyclic amines) is 1. The molecule has 0 radical (unpaired) electrons. The number of hydrogen-bond acceptors (Lipinski definition) is 10. The van der Waals surface area contributed by atoms with Crippen LogP contribution in [0.2, 0.25) is 0 Å². The van der Waals surface area contributed by atoms with Gasteiger partial charge in [-0.1, -0.05) is 6.92 Å². The van der Waals surface area contributed by atoms with Gasteiger partial charge in [-0.05, 0) is 64.7 Å². The van der Waals surface area contributed by atoms with E-state index in [0.717, 1.165) is 25.9 Å². The highest BCUT2D eigenvalue weighted by molar-refractivity contribution is 6.24. The standard InChI is InChI=1S/C29H35FN4O7/c1-4-6-34-7-5-11-10-32-20-17(21(11)34)19(30)13-8-12-9-14-22(33(2)3)25(37)18(28(31)40)27(39)29(14,41)26(38)15(12)23(35)16(13)24(20)36/h11-12,14,21-22,32,35-36,39,41H,4-10H2,1-3H3,(H2,31,40)/t11?,12-,14-,21?,22-,29-/m0/s1. The van der Waals surface area contributed by atoms with E-state index in [0.29, 0.717) is 12.1 Å². The van der Waals surface area contributed by atoms with E-state index in [1.165, 1.54) is 19.0 Å². The highest BCUT2D eigenvalue weighted by Gasteiger charge is 2.64. The zero-order valence-corrected chi connectivity index (χ0v) is 23.2. The second kappa shape index (κ2) is 9.27. The molecule has 1 aromatic carbocycles. The van der Waals surface area contributed by atoms with Gasteiger partial charge in [0.15, 0.2) is 11.4 Å². The number of primary amides is 1. The molecule has 7 N–H and O–H groups in total. The van der Waals surface area contributed by atoms with Crippen LogP contribution < -0.4 is 11.1 Å². The van der Waals surface area contributed by atoms with Crippen LogP contribution in [0.15, 0.2) is 16.9 Å². The highest BCUT2D eigenvalue weighted by Crippen LogP contribution is 2.56. The van der Waals surface area contributed by atoms with Gasteiger partial charge in [0.05, 0.1) is 17.3 Å². The fourth-order valence-electron chi connectivity index (χ4n) is 8.14. The summed E-state index contributed by atoms with van der Waals surface area (Å²) in [5.41, 5.74) is 1.81. The normalized spacial score (nSPS) is 32.8. The molecule has 1 amide bonds. The Balaban J connectivity index is 1.54. The third-order valence-corrected chi connectivity index (χ3v) is 9.83. The molecule has 220 valence electrons. The van der Waals surface area contributed by atoms with Crippen molar-refractivity contribution in [2.24, 2.45) is 23.5 Å². The van der Waals surface area contributed by atoms with Crippen molar-refractivity contribution in [3.8, 4) is 5.75 Å². The van der Waals surface area contributed by atoms with Gasteiger partial charge < -0.3 is 31.5 Å². The van der Waals surface area contributed by atoms with Crippen molar-refractivity contribution in [3.63, 3.8) is 0 Å². The molecule has 2 heterocycles. The second-order valence-electron chi connectivity index (χ2n) is 12.2. The molecule has 2 unspecified atom stereocenters. The summed E-state index contributed by atoms with van der Waals surface area (Å²) >= 11 is 0. The van der Waals surface area contributed by atoms with E-state index in [1.807, 2.05) is 0 Å². The second-order valence-corrected chi connectivity index (χ2v) is 12.2. The van der Waals surface area contributed by atoms with Gasteiger partial charge in [0.25, 0.3) is 5.91 Å². The van der Waals surface area contributed by atoms with Crippen LogP contribution in [0.5, 0.6) is 5.75 Å². The molecule has 6 rings (SSSR count). The molecule has 6 atom stereocenters. The van der Waals surface area contributed by atoms with E-state index >= 15 is 4.39 Å². The molecule has 1 saturated carbocycles. The van der Waals surface area contributed by atoms with Crippen LogP contribution in [0.3, 0.4) is 0 Å². The summed E-state index contributed by atoms with van der Waals surface area (Å²) in [7, 11) is 3.06. The fraction of sp³-hybridized carbons (Fsp3) is 0.552. The summed E-state index contributed by atoms with van der Waals surface area (Å²) in [5.74, 6) is -7.92. The molecule has 0 aromatic heterocycles. The number of aromatic hydroxyl groups is 1. The molecule has 11 nitrogen and oxygen atoms in total. The van der Waals surface area contributed by atoms with E-state index in [4.69, 9.17) is 5.73 Å². The first-order chi connectivity index (χ1) is 19.4. The summed E-state index contributed by atoms with van der Waals surface area (Å²) in [6.07, 6.45) is 1.60. The number of anilines is 1. The van der Waals surface area contributed by atoms with Crippen molar-refractivity contribution in [1.82, 2.24) is 9.80 Å². The third-order valence-electron chi connectivity index (χ3n) is 9.83. The molecule has 5 aliphatic rings. The predicted octanol–water partition coefficient (Wildman–Crippen LogP) is 1.30. The lowest BCUT2D eigenvalue weighted by Crippen LogP contribution is -2.65. The van der Waals surface area contributed by atoms with Crippen LogP contribution in [0, 0.1) is 23.6 Å². The quantitative estimate of drug-likeness (QED) is 0.229. The zero-order valence-electron chi connectivity index (χ0n) is 23.2. The monoisotopic (exact) mass is 570 g/mol. The Labute approximate surface area is 236 Å². The topological polar surface area (TPSA) is 177 Å². The number of phenols is 1. The maximum atomic E-state index is 16.6. The molecular weight excluding hydrogens is 535 g/mol. The van der Waals surface area contributed by atoms with E-state index in [-0.39, 0.29) is 52.9 Å². The fourth-order valence-corrected chi connectivity index (χ4v) is 8.14. The number of nitrogens with zero attached hydrogens (tertiary/aromatic N) is 2. The number of aliphatic hydroxyl groups excluding tert-OH is 2. The number of rotatable bonds is 4. The number of fused-ring (bicyclic) bond motifs is 6. The first-order valence-electron chi connectivity index (χ1n) is 14.1. The van der Waals surface area contributed by atoms with Crippen LogP contribution in [0.25, 0.3) is 5.76 Å². The Morgan fingerprint density at radius 3 is 2.59 bits per heavy atom. The maximum Gasteiger partial charge on any atom is 0.255 e. The predicted molar refractivity (Wildman–Crippen MR) is 145 cm³/mol. The molecule has 2 aliphatic heterocycles. The highest BCUT2D eigenvalue weighted by atomic mass is 19.1. The van der Waals surface area contributed by atoms with Gasteiger partial charge >= 0.3 is 0 Å². The molecule has 12 heteroatoms. The van der Waals surface area contributed by atoms with Crippen molar-refractivity contribution >= 4 is 28.9 Å². The summed E-state index contributed by atoms with van der Waals surface area (Å²) in [5, 5.41) is 48.7. The smallest absolute Gasteiger partial charge is 0.255 e.